The number of alkyl halides is 3. The van der Waals surface area contributed by atoms with Crippen molar-refractivity contribution in [2.75, 3.05) is 5.32 Å². The van der Waals surface area contributed by atoms with E-state index in [0.717, 1.165) is 12.1 Å². The van der Waals surface area contributed by atoms with Crippen LogP contribution in [0.1, 0.15) is 35.6 Å². The number of amides is 1. The molecule has 0 aliphatic carbocycles. The zero-order valence-corrected chi connectivity index (χ0v) is 16.2. The van der Waals surface area contributed by atoms with Crippen molar-refractivity contribution in [3.8, 4) is 11.3 Å². The minimum absolute atomic E-state index is 0.0106. The molecular formula is C21H21F3N4O. The molecule has 152 valence electrons. The van der Waals surface area contributed by atoms with Gasteiger partial charge in [-0.2, -0.15) is 13.2 Å². The van der Waals surface area contributed by atoms with Crippen LogP contribution in [0, 0.1) is 6.92 Å². The quantitative estimate of drug-likeness (QED) is 0.543. The number of hydrogen-bond donors (Lipinski definition) is 3. The topological polar surface area (TPSA) is 69.8 Å². The maximum absolute atomic E-state index is 12.8. The number of aromatic nitrogens is 2. The number of rotatable bonds is 5. The summed E-state index contributed by atoms with van der Waals surface area (Å²) in [5.74, 6) is 0.493. The fraction of sp³-hybridized carbons (Fsp3) is 0.238. The summed E-state index contributed by atoms with van der Waals surface area (Å²) < 4.78 is 38.3. The maximum Gasteiger partial charge on any atom is 0.416 e. The van der Waals surface area contributed by atoms with Gasteiger partial charge in [0.05, 0.1) is 11.3 Å². The van der Waals surface area contributed by atoms with Crippen LogP contribution >= 0.6 is 0 Å². The highest BCUT2D eigenvalue weighted by Crippen LogP contribution is 2.33. The molecule has 0 bridgehead atoms. The van der Waals surface area contributed by atoms with Crippen molar-refractivity contribution >= 4 is 17.3 Å². The molecule has 0 unspecified atom stereocenters. The van der Waals surface area contributed by atoms with E-state index in [1.165, 1.54) is 12.1 Å². The molecule has 0 saturated carbocycles. The lowest BCUT2D eigenvalue weighted by molar-refractivity contribution is -0.137. The van der Waals surface area contributed by atoms with Crippen LogP contribution in [0.4, 0.5) is 24.5 Å². The number of carbonyl (C=O) groups is 1. The Bertz CT molecular complexity index is 1010. The number of aryl methyl sites for hydroxylation is 1. The summed E-state index contributed by atoms with van der Waals surface area (Å²) in [6.07, 6.45) is -2.67. The van der Waals surface area contributed by atoms with Crippen molar-refractivity contribution in [3.63, 3.8) is 0 Å². The fourth-order valence-electron chi connectivity index (χ4n) is 2.81. The Hall–Kier alpha value is -3.29. The molecule has 2 aromatic carbocycles. The van der Waals surface area contributed by atoms with Crippen LogP contribution in [0.15, 0.2) is 48.7 Å². The van der Waals surface area contributed by atoms with Gasteiger partial charge >= 0.3 is 6.18 Å². The van der Waals surface area contributed by atoms with E-state index >= 15 is 0 Å². The molecule has 3 aromatic rings. The van der Waals surface area contributed by atoms with Crippen LogP contribution in [0.5, 0.6) is 0 Å². The van der Waals surface area contributed by atoms with Gasteiger partial charge in [0.25, 0.3) is 5.91 Å². The van der Waals surface area contributed by atoms with Gasteiger partial charge in [0.15, 0.2) is 0 Å². The van der Waals surface area contributed by atoms with Crippen molar-refractivity contribution in [2.45, 2.75) is 33.0 Å². The molecule has 0 spiro atoms. The van der Waals surface area contributed by atoms with Gasteiger partial charge in [-0.25, -0.2) is 4.98 Å². The number of imidazole rings is 1. The lowest BCUT2D eigenvalue weighted by Gasteiger charge is -2.14. The van der Waals surface area contributed by atoms with Crippen LogP contribution in [0.25, 0.3) is 11.3 Å². The molecule has 0 fully saturated rings. The molecule has 0 aliphatic rings. The van der Waals surface area contributed by atoms with Gasteiger partial charge in [0, 0.05) is 34.7 Å². The molecule has 3 rings (SSSR count). The highest BCUT2D eigenvalue weighted by atomic mass is 19.4. The van der Waals surface area contributed by atoms with E-state index in [4.69, 9.17) is 0 Å². The second kappa shape index (κ2) is 7.98. The SMILES string of the molecule is Cc1nc(-c2cc(C(=O)NC(C)C)ccc2Nc2ccc(C(F)(F)F)cc2)c[nH]1. The van der Waals surface area contributed by atoms with Crippen LogP contribution in [0.2, 0.25) is 0 Å². The number of anilines is 2. The van der Waals surface area contributed by atoms with E-state index in [2.05, 4.69) is 20.6 Å². The summed E-state index contributed by atoms with van der Waals surface area (Å²) in [4.78, 5) is 19.8. The Morgan fingerprint density at radius 1 is 1.10 bits per heavy atom. The van der Waals surface area contributed by atoms with Crippen molar-refractivity contribution in [1.29, 1.82) is 0 Å². The maximum atomic E-state index is 12.8. The number of nitrogens with zero attached hydrogens (tertiary/aromatic N) is 1. The standard InChI is InChI=1S/C21H21F3N4O/c1-12(2)26-20(29)14-4-9-18(17(10-14)19-11-25-13(3)27-19)28-16-7-5-15(6-8-16)21(22,23)24/h4-12,28H,1-3H3,(H,25,27)(H,26,29). The number of halogens is 3. The van der Waals surface area contributed by atoms with Crippen LogP contribution in [0.3, 0.4) is 0 Å². The molecule has 0 aliphatic heterocycles. The van der Waals surface area contributed by atoms with Crippen molar-refractivity contribution < 1.29 is 18.0 Å². The third-order valence-electron chi connectivity index (χ3n) is 4.17. The summed E-state index contributed by atoms with van der Waals surface area (Å²) in [5.41, 5.74) is 2.14. The highest BCUT2D eigenvalue weighted by molar-refractivity contribution is 5.97. The number of aromatic amines is 1. The lowest BCUT2D eigenvalue weighted by Crippen LogP contribution is -2.30. The number of benzene rings is 2. The molecule has 0 atom stereocenters. The molecule has 1 heterocycles. The summed E-state index contributed by atoms with van der Waals surface area (Å²) in [5, 5.41) is 5.95. The molecular weight excluding hydrogens is 381 g/mol. The summed E-state index contributed by atoms with van der Waals surface area (Å²) in [6, 6.07) is 9.84. The number of carbonyl (C=O) groups excluding carboxylic acids is 1. The summed E-state index contributed by atoms with van der Waals surface area (Å²) in [7, 11) is 0. The summed E-state index contributed by atoms with van der Waals surface area (Å²) in [6.45, 7) is 5.55. The van der Waals surface area contributed by atoms with Gasteiger partial charge < -0.3 is 15.6 Å². The number of H-pyrrole nitrogens is 1. The van der Waals surface area contributed by atoms with Gasteiger partial charge in [-0.15, -0.1) is 0 Å². The molecule has 8 heteroatoms. The zero-order chi connectivity index (χ0) is 21.2. The van der Waals surface area contributed by atoms with E-state index in [-0.39, 0.29) is 11.9 Å². The smallest absolute Gasteiger partial charge is 0.355 e. The molecule has 29 heavy (non-hydrogen) atoms. The minimum atomic E-state index is -4.39. The van der Waals surface area contributed by atoms with Crippen LogP contribution < -0.4 is 10.6 Å². The Balaban J connectivity index is 1.96. The Morgan fingerprint density at radius 3 is 2.34 bits per heavy atom. The number of nitrogens with one attached hydrogen (secondary N) is 3. The molecule has 0 radical (unpaired) electrons. The summed E-state index contributed by atoms with van der Waals surface area (Å²) >= 11 is 0. The monoisotopic (exact) mass is 402 g/mol. The largest absolute Gasteiger partial charge is 0.416 e. The third kappa shape index (κ3) is 4.96. The predicted octanol–water partition coefficient (Wildman–Crippen LogP) is 5.29. The predicted molar refractivity (Wildman–Crippen MR) is 106 cm³/mol. The van der Waals surface area contributed by atoms with Crippen LogP contribution in [-0.4, -0.2) is 21.9 Å². The minimum Gasteiger partial charge on any atom is -0.355 e. The van der Waals surface area contributed by atoms with E-state index in [1.54, 1.807) is 24.4 Å². The van der Waals surface area contributed by atoms with Gasteiger partial charge in [-0.1, -0.05) is 0 Å². The van der Waals surface area contributed by atoms with E-state index in [0.29, 0.717) is 34.0 Å². The molecule has 0 saturated heterocycles. The third-order valence-corrected chi connectivity index (χ3v) is 4.17. The Kier molecular flexibility index (Phi) is 5.63. The van der Waals surface area contributed by atoms with Crippen molar-refractivity contribution in [2.24, 2.45) is 0 Å². The first kappa shape index (κ1) is 20.4. The lowest BCUT2D eigenvalue weighted by atomic mass is 10.0. The van der Waals surface area contributed by atoms with Crippen molar-refractivity contribution in [1.82, 2.24) is 15.3 Å². The number of hydrogen-bond acceptors (Lipinski definition) is 3. The first-order chi connectivity index (χ1) is 13.6. The molecule has 1 aromatic heterocycles. The highest BCUT2D eigenvalue weighted by Gasteiger charge is 2.30. The van der Waals surface area contributed by atoms with Crippen molar-refractivity contribution in [3.05, 3.63) is 65.6 Å². The van der Waals surface area contributed by atoms with E-state index in [1.807, 2.05) is 20.8 Å². The molecule has 3 N–H and O–H groups in total. The zero-order valence-electron chi connectivity index (χ0n) is 16.2. The van der Waals surface area contributed by atoms with Gasteiger partial charge in [0.2, 0.25) is 0 Å². The normalized spacial score (nSPS) is 11.6. The Labute approximate surface area is 166 Å². The van der Waals surface area contributed by atoms with Crippen LogP contribution in [-0.2, 0) is 6.18 Å². The first-order valence-electron chi connectivity index (χ1n) is 9.05. The average molecular weight is 402 g/mol. The molecule has 1 amide bonds. The fourth-order valence-corrected chi connectivity index (χ4v) is 2.81. The molecule has 5 nitrogen and oxygen atoms in total. The Morgan fingerprint density at radius 2 is 1.79 bits per heavy atom. The van der Waals surface area contributed by atoms with Gasteiger partial charge in [0.1, 0.15) is 5.82 Å². The first-order valence-corrected chi connectivity index (χ1v) is 9.05. The van der Waals surface area contributed by atoms with Gasteiger partial charge in [-0.05, 0) is 63.2 Å². The van der Waals surface area contributed by atoms with Gasteiger partial charge in [-0.3, -0.25) is 4.79 Å². The second-order valence-electron chi connectivity index (χ2n) is 6.96. The van der Waals surface area contributed by atoms with E-state index < -0.39 is 11.7 Å². The van der Waals surface area contributed by atoms with E-state index in [9.17, 15) is 18.0 Å². The second-order valence-corrected chi connectivity index (χ2v) is 6.96. The average Bonchev–Trinajstić information content (AvgIpc) is 3.07.